The van der Waals surface area contributed by atoms with E-state index >= 15 is 0 Å². The molecule has 0 aliphatic rings. The first kappa shape index (κ1) is 23.2. The van der Waals surface area contributed by atoms with Crippen molar-refractivity contribution in [1.29, 1.82) is 0 Å². The summed E-state index contributed by atoms with van der Waals surface area (Å²) in [5.74, 6) is 0.651. The van der Waals surface area contributed by atoms with Crippen LogP contribution in [0, 0.1) is 0 Å². The second-order valence-corrected chi connectivity index (χ2v) is 9.92. The van der Waals surface area contributed by atoms with Crippen molar-refractivity contribution >= 4 is 33.0 Å². The fourth-order valence-corrected chi connectivity index (χ4v) is 5.29. The van der Waals surface area contributed by atoms with Crippen molar-refractivity contribution in [3.05, 3.63) is 133 Å². The van der Waals surface area contributed by atoms with Crippen molar-refractivity contribution in [3.8, 4) is 45.3 Å². The average Bonchev–Trinajstić information content (AvgIpc) is 3.43. The first-order chi connectivity index (χ1) is 20.3. The van der Waals surface area contributed by atoms with Gasteiger partial charge in [0.2, 0.25) is 5.71 Å². The van der Waals surface area contributed by atoms with Gasteiger partial charge in [-0.05, 0) is 36.4 Å². The number of hydrogen-bond acceptors (Lipinski definition) is 5. The summed E-state index contributed by atoms with van der Waals surface area (Å²) < 4.78 is 6.45. The highest BCUT2D eigenvalue weighted by molar-refractivity contribution is 6.08. The van der Waals surface area contributed by atoms with Gasteiger partial charge in [-0.1, -0.05) is 97.1 Å². The van der Waals surface area contributed by atoms with E-state index in [9.17, 15) is 0 Å². The Kier molecular flexibility index (Phi) is 5.38. The third-order valence-electron chi connectivity index (χ3n) is 7.33. The van der Waals surface area contributed by atoms with Gasteiger partial charge in [-0.25, -0.2) is 19.9 Å². The Balaban J connectivity index is 1.29. The van der Waals surface area contributed by atoms with Crippen LogP contribution in [0.1, 0.15) is 0 Å². The molecule has 0 spiro atoms. The third-order valence-corrected chi connectivity index (χ3v) is 7.33. The lowest BCUT2D eigenvalue weighted by atomic mass is 10.1. The Bertz CT molecular complexity index is 2150. The number of hydrogen-bond donors (Lipinski definition) is 0. The average molecular weight is 527 g/mol. The van der Waals surface area contributed by atoms with Crippen LogP contribution in [0.5, 0.6) is 0 Å². The van der Waals surface area contributed by atoms with Crippen LogP contribution in [-0.2, 0) is 0 Å². The van der Waals surface area contributed by atoms with Crippen molar-refractivity contribution in [1.82, 2.24) is 19.9 Å². The summed E-state index contributed by atoms with van der Waals surface area (Å²) in [5.41, 5.74) is 8.34. The summed E-state index contributed by atoms with van der Waals surface area (Å²) in [7, 11) is 0. The van der Waals surface area contributed by atoms with Gasteiger partial charge in [-0.2, -0.15) is 0 Å². The zero-order chi connectivity index (χ0) is 27.2. The minimum absolute atomic E-state index is 0.562. The van der Waals surface area contributed by atoms with Crippen molar-refractivity contribution < 1.29 is 4.42 Å². The third kappa shape index (κ3) is 4.12. The van der Waals surface area contributed by atoms with E-state index in [-0.39, 0.29) is 0 Å². The lowest BCUT2D eigenvalue weighted by molar-refractivity contribution is 0.655. The molecule has 0 bridgehead atoms. The maximum atomic E-state index is 6.45. The van der Waals surface area contributed by atoms with Gasteiger partial charge in [0.25, 0.3) is 0 Å². The van der Waals surface area contributed by atoms with Crippen LogP contribution in [-0.4, -0.2) is 19.9 Å². The number of rotatable bonds is 4. The van der Waals surface area contributed by atoms with E-state index in [0.29, 0.717) is 11.5 Å². The van der Waals surface area contributed by atoms with Crippen molar-refractivity contribution in [3.63, 3.8) is 0 Å². The highest BCUT2D eigenvalue weighted by atomic mass is 16.3. The number of furan rings is 1. The van der Waals surface area contributed by atoms with Crippen molar-refractivity contribution in [2.75, 3.05) is 0 Å². The predicted octanol–water partition coefficient (Wildman–Crippen LogP) is 8.99. The molecule has 4 heterocycles. The lowest BCUT2D eigenvalue weighted by Crippen LogP contribution is -1.96. The number of pyridine rings is 2. The second-order valence-electron chi connectivity index (χ2n) is 9.92. The van der Waals surface area contributed by atoms with Crippen LogP contribution in [0.4, 0.5) is 0 Å². The maximum absolute atomic E-state index is 6.45. The smallest absolute Gasteiger partial charge is 0.227 e. The van der Waals surface area contributed by atoms with Gasteiger partial charge in [0.05, 0.1) is 28.3 Å². The largest absolute Gasteiger partial charge is 0.437 e. The molecular weight excluding hydrogens is 504 g/mol. The molecule has 0 fully saturated rings. The molecule has 4 aromatic carbocycles. The van der Waals surface area contributed by atoms with Gasteiger partial charge in [0, 0.05) is 32.8 Å². The van der Waals surface area contributed by atoms with E-state index in [1.54, 1.807) is 0 Å². The molecule has 0 atom stereocenters. The molecule has 192 valence electrons. The minimum atomic E-state index is 0.562. The first-order valence-corrected chi connectivity index (χ1v) is 13.5. The SMILES string of the molecule is c1ccc(-c2cc(-c3ccc4c(n3)oc3c(-c5ccc6ccccc6n5)cccc34)nc(-c3ccccc3)n2)cc1. The monoisotopic (exact) mass is 526 g/mol. The number of nitrogens with zero attached hydrogens (tertiary/aromatic N) is 4. The molecule has 0 saturated heterocycles. The fourth-order valence-electron chi connectivity index (χ4n) is 5.29. The van der Waals surface area contributed by atoms with Crippen LogP contribution in [0.3, 0.4) is 0 Å². The standard InChI is InChI=1S/C36H22N4O/c1-3-10-23(11-4-1)32-22-33(39-35(38-32)25-13-5-2-6-14-25)31-21-19-27-26-15-9-16-28(34(26)41-36(27)40-31)30-20-18-24-12-7-8-17-29(24)37-30/h1-22H. The highest BCUT2D eigenvalue weighted by Crippen LogP contribution is 2.36. The van der Waals surface area contributed by atoms with Gasteiger partial charge in [-0.15, -0.1) is 0 Å². The van der Waals surface area contributed by atoms with Gasteiger partial charge in [0.15, 0.2) is 5.82 Å². The highest BCUT2D eigenvalue weighted by Gasteiger charge is 2.17. The first-order valence-electron chi connectivity index (χ1n) is 13.5. The normalized spacial score (nSPS) is 11.4. The van der Waals surface area contributed by atoms with Gasteiger partial charge < -0.3 is 4.42 Å². The molecule has 0 saturated carbocycles. The summed E-state index contributed by atoms with van der Waals surface area (Å²) in [4.78, 5) is 19.7. The summed E-state index contributed by atoms with van der Waals surface area (Å²) in [6.45, 7) is 0. The molecule has 8 rings (SSSR count). The van der Waals surface area contributed by atoms with E-state index in [0.717, 1.165) is 66.7 Å². The summed E-state index contributed by atoms with van der Waals surface area (Å²) in [5, 5.41) is 3.06. The Morgan fingerprint density at radius 2 is 1.17 bits per heavy atom. The number of aromatic nitrogens is 4. The van der Waals surface area contributed by atoms with Crippen LogP contribution in [0.15, 0.2) is 138 Å². The Labute approximate surface area is 235 Å². The van der Waals surface area contributed by atoms with E-state index in [1.807, 2.05) is 97.1 Å². The molecule has 4 aromatic heterocycles. The van der Waals surface area contributed by atoms with Gasteiger partial charge in [0.1, 0.15) is 5.58 Å². The second kappa shape index (κ2) is 9.50. The fraction of sp³-hybridized carbons (Fsp3) is 0. The van der Waals surface area contributed by atoms with Gasteiger partial charge >= 0.3 is 0 Å². The summed E-state index contributed by atoms with van der Waals surface area (Å²) >= 11 is 0. The minimum Gasteiger partial charge on any atom is -0.437 e. The molecule has 0 aliphatic heterocycles. The van der Waals surface area contributed by atoms with E-state index in [2.05, 4.69) is 36.4 Å². The van der Waals surface area contributed by atoms with Crippen molar-refractivity contribution in [2.24, 2.45) is 0 Å². The van der Waals surface area contributed by atoms with Crippen LogP contribution in [0.25, 0.3) is 78.3 Å². The predicted molar refractivity (Wildman–Crippen MR) is 164 cm³/mol. The molecule has 0 amide bonds. The molecule has 0 radical (unpaired) electrons. The number of fused-ring (bicyclic) bond motifs is 4. The van der Waals surface area contributed by atoms with Crippen LogP contribution in [0.2, 0.25) is 0 Å². The van der Waals surface area contributed by atoms with E-state index in [1.165, 1.54) is 0 Å². The summed E-state index contributed by atoms with van der Waals surface area (Å²) in [6.07, 6.45) is 0. The molecule has 0 unspecified atom stereocenters. The molecule has 8 aromatic rings. The molecule has 41 heavy (non-hydrogen) atoms. The molecule has 0 aliphatic carbocycles. The Morgan fingerprint density at radius 1 is 0.439 bits per heavy atom. The van der Waals surface area contributed by atoms with E-state index in [4.69, 9.17) is 24.4 Å². The molecule has 5 nitrogen and oxygen atoms in total. The van der Waals surface area contributed by atoms with Crippen LogP contribution >= 0.6 is 0 Å². The zero-order valence-electron chi connectivity index (χ0n) is 21.9. The number of benzene rings is 4. The molecule has 5 heteroatoms. The Hall–Kier alpha value is -5.68. The zero-order valence-corrected chi connectivity index (χ0v) is 21.9. The van der Waals surface area contributed by atoms with Crippen molar-refractivity contribution in [2.45, 2.75) is 0 Å². The Morgan fingerprint density at radius 3 is 2.02 bits per heavy atom. The molecular formula is C36H22N4O. The van der Waals surface area contributed by atoms with Crippen LogP contribution < -0.4 is 0 Å². The lowest BCUT2D eigenvalue weighted by Gasteiger charge is -2.08. The molecule has 0 N–H and O–H groups in total. The van der Waals surface area contributed by atoms with Gasteiger partial charge in [-0.3, -0.25) is 0 Å². The van der Waals surface area contributed by atoms with E-state index < -0.39 is 0 Å². The maximum Gasteiger partial charge on any atom is 0.227 e. The summed E-state index contributed by atoms with van der Waals surface area (Å²) in [6, 6.07) is 44.6. The topological polar surface area (TPSA) is 64.7 Å². The quantitative estimate of drug-likeness (QED) is 0.229. The number of para-hydroxylation sites is 2.